The van der Waals surface area contributed by atoms with Gasteiger partial charge in [-0.1, -0.05) is 6.07 Å². The lowest BCUT2D eigenvalue weighted by Gasteiger charge is -2.22. The van der Waals surface area contributed by atoms with Crippen LogP contribution in [0.4, 0.5) is 32.0 Å². The zero-order chi connectivity index (χ0) is 29.5. The number of hydrogen-bond donors (Lipinski definition) is 2. The summed E-state index contributed by atoms with van der Waals surface area (Å²) in [6.07, 6.45) is -7.79. The van der Waals surface area contributed by atoms with Crippen LogP contribution in [-0.4, -0.2) is 64.5 Å². The van der Waals surface area contributed by atoms with Crippen LogP contribution in [0.25, 0.3) is 0 Å². The summed E-state index contributed by atoms with van der Waals surface area (Å²) >= 11 is 3.51. The standard InChI is InChI=1S/C24H26F6IN5O2S/c1-13(11-39-4)32-22(38)20-17(6-5-7-18(20)31)21(37)34-19-9-8-16(33-14(19)2)10-36(12-23(25,26)27)35-15(3)24(28,29)30/h5-9,13H,10-12H2,1-4H3,(H,32,38)(H,34,37)/b35-15+/t13-/m0/s1. The van der Waals surface area contributed by atoms with Crippen molar-refractivity contribution in [3.05, 3.63) is 56.4 Å². The molecule has 0 fully saturated rings. The second-order valence-corrected chi connectivity index (χ2v) is 10.6. The lowest BCUT2D eigenvalue weighted by molar-refractivity contribution is -0.148. The van der Waals surface area contributed by atoms with Crippen molar-refractivity contribution in [2.24, 2.45) is 5.10 Å². The van der Waals surface area contributed by atoms with Crippen molar-refractivity contribution in [3.63, 3.8) is 0 Å². The number of anilines is 1. The van der Waals surface area contributed by atoms with Crippen molar-refractivity contribution < 1.29 is 35.9 Å². The summed E-state index contributed by atoms with van der Waals surface area (Å²) in [6.45, 7) is 1.52. The highest BCUT2D eigenvalue weighted by atomic mass is 127. The van der Waals surface area contributed by atoms with Crippen molar-refractivity contribution in [3.8, 4) is 0 Å². The number of hydrogen-bond acceptors (Lipinski definition) is 6. The summed E-state index contributed by atoms with van der Waals surface area (Å²) in [5.41, 5.74) is -0.728. The van der Waals surface area contributed by atoms with Gasteiger partial charge in [-0.3, -0.25) is 19.6 Å². The Labute approximate surface area is 239 Å². The molecule has 214 valence electrons. The maximum atomic E-state index is 13.1. The molecule has 2 rings (SSSR count). The SMILES string of the molecule is CSC[C@H](C)NC(=O)c1c(I)cccc1C(=O)Nc1ccc(CN(CC(F)(F)F)/N=C(\C)C(F)(F)F)nc1C. The summed E-state index contributed by atoms with van der Waals surface area (Å²) in [4.78, 5) is 30.1. The number of thioether (sulfide) groups is 1. The van der Waals surface area contributed by atoms with Crippen molar-refractivity contribution in [2.45, 2.75) is 45.7 Å². The van der Waals surface area contributed by atoms with Gasteiger partial charge < -0.3 is 10.6 Å². The molecule has 0 spiro atoms. The van der Waals surface area contributed by atoms with E-state index in [0.717, 1.165) is 0 Å². The van der Waals surface area contributed by atoms with Crippen molar-refractivity contribution in [1.29, 1.82) is 0 Å². The number of alkyl halides is 6. The number of aromatic nitrogens is 1. The molecule has 0 bridgehead atoms. The molecule has 1 aromatic heterocycles. The lowest BCUT2D eigenvalue weighted by Crippen LogP contribution is -2.36. The molecular formula is C24H26F6IN5O2S. The number of nitrogens with one attached hydrogen (secondary N) is 2. The first-order valence-electron chi connectivity index (χ1n) is 11.3. The van der Waals surface area contributed by atoms with Crippen molar-refractivity contribution >= 4 is 57.6 Å². The van der Waals surface area contributed by atoms with E-state index in [4.69, 9.17) is 0 Å². The van der Waals surface area contributed by atoms with E-state index in [1.165, 1.54) is 25.1 Å². The molecule has 1 atom stereocenters. The molecule has 39 heavy (non-hydrogen) atoms. The normalized spacial score (nSPS) is 13.2. The van der Waals surface area contributed by atoms with Gasteiger partial charge in [-0.15, -0.1) is 0 Å². The monoisotopic (exact) mass is 689 g/mol. The van der Waals surface area contributed by atoms with Gasteiger partial charge >= 0.3 is 12.4 Å². The number of aryl methyl sites for hydroxylation is 1. The van der Waals surface area contributed by atoms with Gasteiger partial charge in [-0.25, -0.2) is 0 Å². The van der Waals surface area contributed by atoms with E-state index in [-0.39, 0.29) is 39.3 Å². The Kier molecular flexibility index (Phi) is 11.4. The van der Waals surface area contributed by atoms with Crippen LogP contribution >= 0.6 is 34.4 Å². The summed E-state index contributed by atoms with van der Waals surface area (Å²) < 4.78 is 77.9. The van der Waals surface area contributed by atoms with Gasteiger partial charge in [0, 0.05) is 15.4 Å². The van der Waals surface area contributed by atoms with Crippen LogP contribution in [0.1, 0.15) is 46.0 Å². The molecule has 0 aliphatic heterocycles. The van der Waals surface area contributed by atoms with Crippen LogP contribution in [0.3, 0.4) is 0 Å². The number of rotatable bonds is 10. The highest BCUT2D eigenvalue weighted by Gasteiger charge is 2.35. The number of pyridine rings is 1. The van der Waals surface area contributed by atoms with Gasteiger partial charge in [0.25, 0.3) is 11.8 Å². The third-order valence-corrected chi connectivity index (χ3v) is 6.81. The van der Waals surface area contributed by atoms with E-state index >= 15 is 0 Å². The average Bonchev–Trinajstić information content (AvgIpc) is 2.78. The maximum absolute atomic E-state index is 13.1. The average molecular weight is 689 g/mol. The van der Waals surface area contributed by atoms with E-state index < -0.39 is 43.0 Å². The number of nitrogens with zero attached hydrogens (tertiary/aromatic N) is 3. The number of hydrazone groups is 1. The largest absolute Gasteiger partial charge is 0.430 e. The van der Waals surface area contributed by atoms with Crippen LogP contribution in [-0.2, 0) is 6.54 Å². The lowest BCUT2D eigenvalue weighted by atomic mass is 10.1. The minimum Gasteiger partial charge on any atom is -0.349 e. The van der Waals surface area contributed by atoms with Gasteiger partial charge in [-0.05, 0) is 73.9 Å². The minimum absolute atomic E-state index is 0.00517. The quantitative estimate of drug-likeness (QED) is 0.138. The Morgan fingerprint density at radius 2 is 1.79 bits per heavy atom. The first kappa shape index (κ1) is 32.7. The van der Waals surface area contributed by atoms with Crippen molar-refractivity contribution in [2.75, 3.05) is 23.9 Å². The topological polar surface area (TPSA) is 86.7 Å². The summed E-state index contributed by atoms with van der Waals surface area (Å²) in [7, 11) is 0. The van der Waals surface area contributed by atoms with Crippen LogP contribution in [0.2, 0.25) is 0 Å². The molecule has 1 heterocycles. The molecule has 15 heteroatoms. The fourth-order valence-corrected chi connectivity index (χ4v) is 4.67. The number of carbonyl (C=O) groups is 2. The van der Waals surface area contributed by atoms with E-state index in [2.05, 4.69) is 20.7 Å². The number of amides is 2. The molecule has 2 N–H and O–H groups in total. The number of carbonyl (C=O) groups excluding carboxylic acids is 2. The molecule has 2 aromatic rings. The molecule has 0 radical (unpaired) electrons. The fraction of sp³-hybridized carbons (Fsp3) is 0.417. The molecule has 0 aliphatic carbocycles. The Morgan fingerprint density at radius 1 is 1.13 bits per heavy atom. The third kappa shape index (κ3) is 10.2. The molecule has 7 nitrogen and oxygen atoms in total. The number of benzene rings is 1. The highest BCUT2D eigenvalue weighted by Crippen LogP contribution is 2.24. The molecule has 2 amide bonds. The van der Waals surface area contributed by atoms with Crippen LogP contribution in [0, 0.1) is 10.5 Å². The Hall–Kier alpha value is -2.56. The zero-order valence-electron chi connectivity index (χ0n) is 21.3. The van der Waals surface area contributed by atoms with E-state index in [9.17, 15) is 35.9 Å². The molecular weight excluding hydrogens is 663 g/mol. The van der Waals surface area contributed by atoms with E-state index in [1.807, 2.05) is 35.8 Å². The predicted molar refractivity (Wildman–Crippen MR) is 147 cm³/mol. The van der Waals surface area contributed by atoms with Gasteiger partial charge in [0.2, 0.25) is 0 Å². The third-order valence-electron chi connectivity index (χ3n) is 5.08. The minimum atomic E-state index is -4.89. The van der Waals surface area contributed by atoms with Crippen LogP contribution in [0.5, 0.6) is 0 Å². The smallest absolute Gasteiger partial charge is 0.349 e. The van der Waals surface area contributed by atoms with Gasteiger partial charge in [-0.2, -0.15) is 43.2 Å². The van der Waals surface area contributed by atoms with Gasteiger partial charge in [0.05, 0.1) is 34.7 Å². The Balaban J connectivity index is 2.28. The van der Waals surface area contributed by atoms with Crippen molar-refractivity contribution in [1.82, 2.24) is 15.3 Å². The first-order chi connectivity index (χ1) is 18.0. The fourth-order valence-electron chi connectivity index (χ4n) is 3.34. The Bertz CT molecular complexity index is 1220. The summed E-state index contributed by atoms with van der Waals surface area (Å²) in [5, 5.41) is 8.81. The zero-order valence-corrected chi connectivity index (χ0v) is 24.3. The second-order valence-electron chi connectivity index (χ2n) is 8.50. The van der Waals surface area contributed by atoms with Crippen LogP contribution in [0.15, 0.2) is 35.4 Å². The Morgan fingerprint density at radius 3 is 2.36 bits per heavy atom. The van der Waals surface area contributed by atoms with Crippen LogP contribution < -0.4 is 10.6 Å². The van der Waals surface area contributed by atoms with Gasteiger partial charge in [0.1, 0.15) is 12.3 Å². The molecule has 0 unspecified atom stereocenters. The van der Waals surface area contributed by atoms with E-state index in [0.29, 0.717) is 16.2 Å². The molecule has 0 saturated carbocycles. The molecule has 1 aromatic carbocycles. The second kappa shape index (κ2) is 13.7. The van der Waals surface area contributed by atoms with Gasteiger partial charge in [0.15, 0.2) is 0 Å². The summed E-state index contributed by atoms with van der Waals surface area (Å²) in [6, 6.07) is 7.29. The first-order valence-corrected chi connectivity index (χ1v) is 13.8. The number of halogens is 7. The predicted octanol–water partition coefficient (Wildman–Crippen LogP) is 6.03. The maximum Gasteiger partial charge on any atom is 0.430 e. The van der Waals surface area contributed by atoms with E-state index in [1.54, 1.807) is 23.9 Å². The highest BCUT2D eigenvalue weighted by molar-refractivity contribution is 14.1. The molecule has 0 aliphatic rings. The molecule has 0 saturated heterocycles. The summed E-state index contributed by atoms with van der Waals surface area (Å²) in [5.74, 6) is -0.357.